The molecule has 0 fully saturated rings. The number of pyridine rings is 1. The summed E-state index contributed by atoms with van der Waals surface area (Å²) >= 11 is 12.0. The fraction of sp³-hybridized carbons (Fsp3) is 0.154. The third-order valence-corrected chi connectivity index (χ3v) is 3.17. The highest BCUT2D eigenvalue weighted by atomic mass is 35.5. The van der Waals surface area contributed by atoms with Crippen molar-refractivity contribution < 1.29 is 0 Å². The van der Waals surface area contributed by atoms with Crippen molar-refractivity contribution in [3.8, 4) is 0 Å². The van der Waals surface area contributed by atoms with Gasteiger partial charge in [-0.2, -0.15) is 0 Å². The van der Waals surface area contributed by atoms with Gasteiger partial charge < -0.3 is 5.32 Å². The van der Waals surface area contributed by atoms with Crippen LogP contribution in [0.1, 0.15) is 17.2 Å². The molecule has 0 spiro atoms. The first-order valence-corrected chi connectivity index (χ1v) is 6.00. The SMILES string of the molecule is CNC(c1ccc(Cl)cc1)c1ccncc1Cl. The number of hydrogen-bond acceptors (Lipinski definition) is 2. The van der Waals surface area contributed by atoms with E-state index in [1.54, 1.807) is 12.4 Å². The van der Waals surface area contributed by atoms with Crippen molar-refractivity contribution in [2.24, 2.45) is 0 Å². The molecule has 1 atom stereocenters. The van der Waals surface area contributed by atoms with Crippen molar-refractivity contribution in [2.45, 2.75) is 6.04 Å². The molecule has 88 valence electrons. The van der Waals surface area contributed by atoms with Gasteiger partial charge in [-0.05, 0) is 36.4 Å². The third-order valence-electron chi connectivity index (χ3n) is 2.61. The summed E-state index contributed by atoms with van der Waals surface area (Å²) in [6.07, 6.45) is 3.39. The second-order valence-corrected chi connectivity index (χ2v) is 4.51. The molecule has 4 heteroatoms. The minimum absolute atomic E-state index is 0.0442. The molecule has 0 radical (unpaired) electrons. The molecule has 0 amide bonds. The van der Waals surface area contributed by atoms with Crippen LogP contribution in [-0.4, -0.2) is 12.0 Å². The summed E-state index contributed by atoms with van der Waals surface area (Å²) in [6, 6.07) is 9.67. The number of hydrogen-bond donors (Lipinski definition) is 1. The van der Waals surface area contributed by atoms with Crippen LogP contribution in [0, 0.1) is 0 Å². The molecule has 0 aliphatic rings. The van der Waals surface area contributed by atoms with Crippen LogP contribution in [0.4, 0.5) is 0 Å². The average molecular weight is 267 g/mol. The van der Waals surface area contributed by atoms with Gasteiger partial charge in [-0.25, -0.2) is 0 Å². The van der Waals surface area contributed by atoms with Crippen LogP contribution in [0.2, 0.25) is 10.0 Å². The van der Waals surface area contributed by atoms with Gasteiger partial charge in [0.05, 0.1) is 11.1 Å². The number of benzene rings is 1. The first-order valence-electron chi connectivity index (χ1n) is 5.24. The highest BCUT2D eigenvalue weighted by Crippen LogP contribution is 2.27. The number of nitrogens with one attached hydrogen (secondary N) is 1. The maximum absolute atomic E-state index is 6.15. The van der Waals surface area contributed by atoms with Crippen molar-refractivity contribution >= 4 is 23.2 Å². The predicted molar refractivity (Wildman–Crippen MR) is 71.6 cm³/mol. The van der Waals surface area contributed by atoms with E-state index in [2.05, 4.69) is 10.3 Å². The number of aromatic nitrogens is 1. The fourth-order valence-electron chi connectivity index (χ4n) is 1.78. The average Bonchev–Trinajstić information content (AvgIpc) is 2.35. The summed E-state index contributed by atoms with van der Waals surface area (Å²) in [7, 11) is 1.90. The molecule has 0 aliphatic carbocycles. The molecule has 0 aliphatic heterocycles. The topological polar surface area (TPSA) is 24.9 Å². The van der Waals surface area contributed by atoms with E-state index in [1.165, 1.54) is 0 Å². The minimum Gasteiger partial charge on any atom is -0.309 e. The minimum atomic E-state index is 0.0442. The zero-order valence-electron chi connectivity index (χ0n) is 9.32. The van der Waals surface area contributed by atoms with Crippen molar-refractivity contribution in [3.63, 3.8) is 0 Å². The molecule has 1 aromatic heterocycles. The van der Waals surface area contributed by atoms with E-state index in [0.717, 1.165) is 16.1 Å². The Morgan fingerprint density at radius 3 is 2.41 bits per heavy atom. The summed E-state index contributed by atoms with van der Waals surface area (Å²) in [5, 5.41) is 4.62. The van der Waals surface area contributed by atoms with Crippen LogP contribution in [-0.2, 0) is 0 Å². The normalized spacial score (nSPS) is 12.4. The summed E-state index contributed by atoms with van der Waals surface area (Å²) in [4.78, 5) is 3.99. The molecular weight excluding hydrogens is 255 g/mol. The van der Waals surface area contributed by atoms with Crippen LogP contribution < -0.4 is 5.32 Å². The van der Waals surface area contributed by atoms with Gasteiger partial charge in [0.2, 0.25) is 0 Å². The monoisotopic (exact) mass is 266 g/mol. The molecule has 0 saturated heterocycles. The van der Waals surface area contributed by atoms with E-state index in [-0.39, 0.29) is 6.04 Å². The van der Waals surface area contributed by atoms with E-state index < -0.39 is 0 Å². The number of halogens is 2. The highest BCUT2D eigenvalue weighted by molar-refractivity contribution is 6.31. The van der Waals surface area contributed by atoms with Crippen molar-refractivity contribution in [2.75, 3.05) is 7.05 Å². The van der Waals surface area contributed by atoms with Gasteiger partial charge >= 0.3 is 0 Å². The van der Waals surface area contributed by atoms with E-state index >= 15 is 0 Å². The van der Waals surface area contributed by atoms with Gasteiger partial charge in [-0.15, -0.1) is 0 Å². The maximum Gasteiger partial charge on any atom is 0.0640 e. The standard InChI is InChI=1S/C13H12Cl2N2/c1-16-13(9-2-4-10(14)5-3-9)11-6-7-17-8-12(11)15/h2-8,13,16H,1H3. The first kappa shape index (κ1) is 12.4. The Morgan fingerprint density at radius 2 is 1.82 bits per heavy atom. The predicted octanol–water partition coefficient (Wildman–Crippen LogP) is 3.70. The number of nitrogens with zero attached hydrogens (tertiary/aromatic N) is 1. The number of rotatable bonds is 3. The summed E-state index contributed by atoms with van der Waals surface area (Å²) in [5.74, 6) is 0. The van der Waals surface area contributed by atoms with Crippen molar-refractivity contribution in [3.05, 3.63) is 63.9 Å². The lowest BCUT2D eigenvalue weighted by Crippen LogP contribution is -2.18. The smallest absolute Gasteiger partial charge is 0.0640 e. The zero-order valence-corrected chi connectivity index (χ0v) is 10.8. The van der Waals surface area contributed by atoms with Crippen LogP contribution in [0.5, 0.6) is 0 Å². The van der Waals surface area contributed by atoms with E-state index in [4.69, 9.17) is 23.2 Å². The first-order chi connectivity index (χ1) is 8.22. The Hall–Kier alpha value is -1.09. The fourth-order valence-corrected chi connectivity index (χ4v) is 2.13. The molecule has 1 aromatic carbocycles. The van der Waals surface area contributed by atoms with Crippen LogP contribution in [0.15, 0.2) is 42.7 Å². The van der Waals surface area contributed by atoms with Gasteiger partial charge in [0.1, 0.15) is 0 Å². The second kappa shape index (κ2) is 5.50. The summed E-state index contributed by atoms with van der Waals surface area (Å²) in [6.45, 7) is 0. The molecule has 2 nitrogen and oxygen atoms in total. The molecule has 17 heavy (non-hydrogen) atoms. The van der Waals surface area contributed by atoms with Crippen molar-refractivity contribution in [1.29, 1.82) is 0 Å². The van der Waals surface area contributed by atoms with Gasteiger partial charge in [-0.1, -0.05) is 35.3 Å². The molecule has 1 heterocycles. The molecule has 0 bridgehead atoms. The van der Waals surface area contributed by atoms with Gasteiger partial charge in [0.25, 0.3) is 0 Å². The van der Waals surface area contributed by atoms with Crippen LogP contribution >= 0.6 is 23.2 Å². The largest absolute Gasteiger partial charge is 0.309 e. The van der Waals surface area contributed by atoms with E-state index in [1.807, 2.05) is 37.4 Å². The Kier molecular flexibility index (Phi) is 4.00. The molecular formula is C13H12Cl2N2. The summed E-state index contributed by atoms with van der Waals surface area (Å²) < 4.78 is 0. The Morgan fingerprint density at radius 1 is 1.12 bits per heavy atom. The van der Waals surface area contributed by atoms with Crippen molar-refractivity contribution in [1.82, 2.24) is 10.3 Å². The molecule has 2 aromatic rings. The lowest BCUT2D eigenvalue weighted by Gasteiger charge is -2.18. The molecule has 1 N–H and O–H groups in total. The zero-order chi connectivity index (χ0) is 12.3. The van der Waals surface area contributed by atoms with E-state index in [0.29, 0.717) is 5.02 Å². The Bertz CT molecular complexity index is 497. The summed E-state index contributed by atoms with van der Waals surface area (Å²) in [5.41, 5.74) is 2.12. The second-order valence-electron chi connectivity index (χ2n) is 3.67. The van der Waals surface area contributed by atoms with Crippen LogP contribution in [0.3, 0.4) is 0 Å². The highest BCUT2D eigenvalue weighted by Gasteiger charge is 2.14. The molecule has 2 rings (SSSR count). The Labute approximate surface area is 111 Å². The molecule has 1 unspecified atom stereocenters. The third kappa shape index (κ3) is 2.78. The van der Waals surface area contributed by atoms with E-state index in [9.17, 15) is 0 Å². The molecule has 0 saturated carbocycles. The Balaban J connectivity index is 2.40. The lowest BCUT2D eigenvalue weighted by atomic mass is 10.00. The van der Waals surface area contributed by atoms with Gasteiger partial charge in [-0.3, -0.25) is 4.98 Å². The maximum atomic E-state index is 6.15. The van der Waals surface area contributed by atoms with Gasteiger partial charge in [0.15, 0.2) is 0 Å². The van der Waals surface area contributed by atoms with Gasteiger partial charge in [0, 0.05) is 17.4 Å². The van der Waals surface area contributed by atoms with Crippen LogP contribution in [0.25, 0.3) is 0 Å². The quantitative estimate of drug-likeness (QED) is 0.917. The lowest BCUT2D eigenvalue weighted by molar-refractivity contribution is 0.691.